The quantitative estimate of drug-likeness (QED) is 0.301. The van der Waals surface area contributed by atoms with Crippen molar-refractivity contribution in [3.8, 4) is 17.2 Å². The summed E-state index contributed by atoms with van der Waals surface area (Å²) in [6.07, 6.45) is 2.18. The molecule has 0 unspecified atom stereocenters. The lowest BCUT2D eigenvalue weighted by atomic mass is 9.97. The second-order valence-electron chi connectivity index (χ2n) is 9.34. The summed E-state index contributed by atoms with van der Waals surface area (Å²) < 4.78 is 3.61. The van der Waals surface area contributed by atoms with E-state index in [0.717, 1.165) is 57.4 Å². The van der Waals surface area contributed by atoms with Crippen LogP contribution in [-0.2, 0) is 26.4 Å². The summed E-state index contributed by atoms with van der Waals surface area (Å²) in [6, 6.07) is 26.0. The average molecular weight is 488 g/mol. The van der Waals surface area contributed by atoms with Crippen LogP contribution < -0.4 is 5.56 Å². The lowest BCUT2D eigenvalue weighted by molar-refractivity contribution is 0.647. The third-order valence-electron chi connectivity index (χ3n) is 6.86. The van der Waals surface area contributed by atoms with Gasteiger partial charge in [-0.25, -0.2) is 4.98 Å². The van der Waals surface area contributed by atoms with Gasteiger partial charge in [0.15, 0.2) is 0 Å². The Morgan fingerprint density at radius 3 is 2.43 bits per heavy atom. The molecule has 0 N–H and O–H groups in total. The lowest BCUT2D eigenvalue weighted by Gasteiger charge is -2.15. The summed E-state index contributed by atoms with van der Waals surface area (Å²) in [4.78, 5) is 18.7. The maximum Gasteiger partial charge on any atom is 0.257 e. The third-order valence-corrected chi connectivity index (χ3v) is 6.86. The van der Waals surface area contributed by atoms with Crippen molar-refractivity contribution in [3.63, 3.8) is 0 Å². The number of hydrogen-bond acceptors (Lipinski definition) is 4. The Morgan fingerprint density at radius 2 is 1.68 bits per heavy atom. The Morgan fingerprint density at radius 1 is 0.946 bits per heavy atom. The maximum atomic E-state index is 13.9. The van der Waals surface area contributed by atoms with E-state index in [1.165, 1.54) is 0 Å². The van der Waals surface area contributed by atoms with Gasteiger partial charge in [-0.2, -0.15) is 10.4 Å². The highest BCUT2D eigenvalue weighted by Gasteiger charge is 2.17. The molecular formula is C31H29N5O. The molecule has 0 radical (unpaired) electrons. The number of aryl methyl sites for hydroxylation is 3. The molecule has 5 aromatic rings. The maximum absolute atomic E-state index is 13.9. The Balaban J connectivity index is 1.51. The first-order valence-electron chi connectivity index (χ1n) is 12.6. The largest absolute Gasteiger partial charge is 0.290 e. The molecule has 0 fully saturated rings. The highest BCUT2D eigenvalue weighted by atomic mass is 16.1. The van der Waals surface area contributed by atoms with E-state index < -0.39 is 0 Å². The van der Waals surface area contributed by atoms with Crippen LogP contribution in [-0.4, -0.2) is 19.3 Å². The zero-order chi connectivity index (χ0) is 25.9. The first-order chi connectivity index (χ1) is 18.0. The summed E-state index contributed by atoms with van der Waals surface area (Å²) in [5.74, 6) is 0.704. The Hall–Kier alpha value is -4.50. The minimum absolute atomic E-state index is 0.00964. The summed E-state index contributed by atoms with van der Waals surface area (Å²) in [7, 11) is 1.92. The van der Waals surface area contributed by atoms with Gasteiger partial charge in [0, 0.05) is 24.4 Å². The number of aromatic nitrogens is 4. The smallest absolute Gasteiger partial charge is 0.257 e. The number of benzene rings is 3. The zero-order valence-corrected chi connectivity index (χ0v) is 21.4. The van der Waals surface area contributed by atoms with E-state index in [2.05, 4.69) is 13.0 Å². The van der Waals surface area contributed by atoms with E-state index in [0.29, 0.717) is 24.4 Å². The van der Waals surface area contributed by atoms with Crippen molar-refractivity contribution < 1.29 is 0 Å². The minimum atomic E-state index is -0.00964. The Kier molecular flexibility index (Phi) is 6.70. The zero-order valence-electron chi connectivity index (χ0n) is 21.4. The number of nitrogens with zero attached hydrogens (tertiary/aromatic N) is 5. The van der Waals surface area contributed by atoms with Crippen LogP contribution in [0.3, 0.4) is 0 Å². The predicted molar refractivity (Wildman–Crippen MR) is 146 cm³/mol. The summed E-state index contributed by atoms with van der Waals surface area (Å²) >= 11 is 0. The van der Waals surface area contributed by atoms with Crippen molar-refractivity contribution in [3.05, 3.63) is 117 Å². The second kappa shape index (κ2) is 10.2. The molecule has 0 saturated heterocycles. The van der Waals surface area contributed by atoms with Crippen molar-refractivity contribution in [2.24, 2.45) is 7.05 Å². The molecule has 2 aromatic heterocycles. The average Bonchev–Trinajstić information content (AvgIpc) is 3.24. The fraction of sp³-hybridized carbons (Fsp3) is 0.226. The molecule has 3 aromatic carbocycles. The Bertz CT molecular complexity index is 1690. The van der Waals surface area contributed by atoms with Gasteiger partial charge < -0.3 is 0 Å². The first kappa shape index (κ1) is 24.2. The monoisotopic (exact) mass is 487 g/mol. The molecule has 6 heteroatoms. The van der Waals surface area contributed by atoms with Crippen LogP contribution in [0, 0.1) is 18.3 Å². The van der Waals surface area contributed by atoms with Crippen LogP contribution in [0.4, 0.5) is 0 Å². The molecule has 5 rings (SSSR count). The number of nitriles is 1. The molecule has 6 nitrogen and oxygen atoms in total. The SMILES string of the molecule is CCCc1nc(C)n(Cc2nn(C)c3ccccc23)c(=O)c1Cc1ccc(-c2ccccc2C#N)cc1. The van der Waals surface area contributed by atoms with Crippen LogP contribution in [0.2, 0.25) is 0 Å². The van der Waals surface area contributed by atoms with Gasteiger partial charge in [-0.05, 0) is 42.2 Å². The summed E-state index contributed by atoms with van der Waals surface area (Å²) in [6.45, 7) is 4.38. The number of hydrogen-bond donors (Lipinski definition) is 0. The Labute approximate surface area is 216 Å². The van der Waals surface area contributed by atoms with Gasteiger partial charge in [0.2, 0.25) is 0 Å². The highest BCUT2D eigenvalue weighted by Crippen LogP contribution is 2.24. The lowest BCUT2D eigenvalue weighted by Crippen LogP contribution is -2.30. The summed E-state index contributed by atoms with van der Waals surface area (Å²) in [5, 5.41) is 15.2. The van der Waals surface area contributed by atoms with E-state index >= 15 is 0 Å². The molecule has 0 atom stereocenters. The van der Waals surface area contributed by atoms with Gasteiger partial charge in [0.1, 0.15) is 5.82 Å². The van der Waals surface area contributed by atoms with Crippen LogP contribution >= 0.6 is 0 Å². The molecule has 0 amide bonds. The fourth-order valence-corrected chi connectivity index (χ4v) is 4.96. The number of para-hydroxylation sites is 1. The van der Waals surface area contributed by atoms with Crippen LogP contribution in [0.25, 0.3) is 22.0 Å². The standard InChI is InChI=1S/C31H29N5O/c1-4-9-28-27(18-22-14-16-23(17-15-22)25-11-6-5-10-24(25)19-32)31(37)36(21(2)33-28)20-29-26-12-7-8-13-30(26)35(3)34-29/h5-8,10-17H,4,9,18,20H2,1-3H3. The van der Waals surface area contributed by atoms with Gasteiger partial charge in [-0.15, -0.1) is 0 Å². The first-order valence-corrected chi connectivity index (χ1v) is 12.6. The van der Waals surface area contributed by atoms with E-state index in [4.69, 9.17) is 10.1 Å². The summed E-state index contributed by atoms with van der Waals surface area (Å²) in [5.41, 5.74) is 7.06. The molecule has 2 heterocycles. The van der Waals surface area contributed by atoms with Crippen LogP contribution in [0.5, 0.6) is 0 Å². The van der Waals surface area contributed by atoms with Crippen molar-refractivity contribution in [1.82, 2.24) is 19.3 Å². The van der Waals surface area contributed by atoms with Crippen LogP contribution in [0.1, 0.15) is 47.2 Å². The highest BCUT2D eigenvalue weighted by molar-refractivity contribution is 5.81. The van der Waals surface area contributed by atoms with Gasteiger partial charge in [-0.1, -0.05) is 74.0 Å². The minimum Gasteiger partial charge on any atom is -0.290 e. The van der Waals surface area contributed by atoms with Gasteiger partial charge in [0.25, 0.3) is 5.56 Å². The van der Waals surface area contributed by atoms with E-state index in [-0.39, 0.29) is 5.56 Å². The molecule has 0 aliphatic rings. The topological polar surface area (TPSA) is 76.5 Å². The second-order valence-corrected chi connectivity index (χ2v) is 9.34. The van der Waals surface area contributed by atoms with E-state index in [9.17, 15) is 10.1 Å². The van der Waals surface area contributed by atoms with Gasteiger partial charge >= 0.3 is 0 Å². The molecule has 0 spiro atoms. The van der Waals surface area contributed by atoms with E-state index in [1.807, 2.05) is 91.4 Å². The molecule has 37 heavy (non-hydrogen) atoms. The number of rotatable bonds is 7. The molecule has 0 aliphatic carbocycles. The normalized spacial score (nSPS) is 11.1. The van der Waals surface area contributed by atoms with Crippen LogP contribution in [0.15, 0.2) is 77.6 Å². The van der Waals surface area contributed by atoms with Crippen molar-refractivity contribution in [2.75, 3.05) is 0 Å². The molecule has 0 bridgehead atoms. The van der Waals surface area contributed by atoms with Gasteiger partial charge in [-0.3, -0.25) is 14.0 Å². The number of fused-ring (bicyclic) bond motifs is 1. The predicted octanol–water partition coefficient (Wildman–Crippen LogP) is 5.57. The fourth-order valence-electron chi connectivity index (χ4n) is 4.96. The molecule has 0 saturated carbocycles. The molecule has 0 aliphatic heterocycles. The molecular weight excluding hydrogens is 458 g/mol. The molecule has 184 valence electrons. The van der Waals surface area contributed by atoms with E-state index in [1.54, 1.807) is 4.57 Å². The van der Waals surface area contributed by atoms with Gasteiger partial charge in [0.05, 0.1) is 35.1 Å². The van der Waals surface area contributed by atoms with Crippen molar-refractivity contribution >= 4 is 10.9 Å². The third kappa shape index (κ3) is 4.68. The van der Waals surface area contributed by atoms with Crippen molar-refractivity contribution in [2.45, 2.75) is 39.7 Å². The van der Waals surface area contributed by atoms with Crippen molar-refractivity contribution in [1.29, 1.82) is 5.26 Å².